The minimum Gasteiger partial charge on any atom is -0.342 e. The third-order valence-corrected chi connectivity index (χ3v) is 6.76. The van der Waals surface area contributed by atoms with E-state index in [4.69, 9.17) is 0 Å². The molecule has 1 aliphatic carbocycles. The molecule has 2 saturated heterocycles. The zero-order valence-corrected chi connectivity index (χ0v) is 15.5. The number of halogens is 4. The quantitative estimate of drug-likeness (QED) is 0.670. The van der Waals surface area contributed by atoms with Crippen LogP contribution in [0.3, 0.4) is 0 Å². The van der Waals surface area contributed by atoms with Gasteiger partial charge in [0.15, 0.2) is 0 Å². The third-order valence-electron chi connectivity index (χ3n) is 6.76. The highest BCUT2D eigenvalue weighted by molar-refractivity contribution is 5.89. The van der Waals surface area contributed by atoms with Crippen LogP contribution >= 0.6 is 0 Å². The summed E-state index contributed by atoms with van der Waals surface area (Å²) in [6.07, 6.45) is -0.543. The zero-order valence-electron chi connectivity index (χ0n) is 15.5. The van der Waals surface area contributed by atoms with Crippen LogP contribution in [0, 0.1) is 17.7 Å². The Balaban J connectivity index is 1.71. The summed E-state index contributed by atoms with van der Waals surface area (Å²) in [6, 6.07) is 2.89. The van der Waals surface area contributed by atoms with Crippen LogP contribution in [-0.2, 0) is 11.0 Å². The van der Waals surface area contributed by atoms with Crippen molar-refractivity contribution in [2.75, 3.05) is 19.8 Å². The molecule has 2 aliphatic heterocycles. The van der Waals surface area contributed by atoms with Crippen molar-refractivity contribution in [1.82, 2.24) is 16.0 Å². The molecule has 8 heteroatoms. The van der Waals surface area contributed by atoms with Crippen LogP contribution < -0.4 is 16.0 Å². The summed E-state index contributed by atoms with van der Waals surface area (Å²) in [7, 11) is 0. The second-order valence-corrected chi connectivity index (χ2v) is 8.22. The molecule has 0 bridgehead atoms. The lowest BCUT2D eigenvalue weighted by Gasteiger charge is -2.47. The van der Waals surface area contributed by atoms with E-state index in [0.29, 0.717) is 44.2 Å². The second kappa shape index (κ2) is 7.30. The standard InChI is InChI=1S/C20H25F4N3O/c21-14-8-12(7-13(9-14)20(22,23)24)15-3-1-2-4-16(15)17-10-25-6-5-19(17)18(28)26-11-27-19/h7-9,15-17,25,27H,1-6,10-11H2,(H,26,28). The Labute approximate surface area is 161 Å². The molecule has 4 atom stereocenters. The number of carbonyl (C=O) groups excluding carboxylic acids is 1. The first kappa shape index (κ1) is 19.6. The first-order valence-electron chi connectivity index (χ1n) is 9.93. The highest BCUT2D eigenvalue weighted by atomic mass is 19.4. The number of alkyl halides is 3. The van der Waals surface area contributed by atoms with Gasteiger partial charge in [-0.15, -0.1) is 0 Å². The van der Waals surface area contributed by atoms with Gasteiger partial charge in [0.05, 0.1) is 12.2 Å². The average Bonchev–Trinajstić information content (AvgIpc) is 3.01. The van der Waals surface area contributed by atoms with Crippen molar-refractivity contribution in [2.45, 2.75) is 49.7 Å². The van der Waals surface area contributed by atoms with E-state index < -0.39 is 23.1 Å². The summed E-state index contributed by atoms with van der Waals surface area (Å²) in [5, 5.41) is 9.54. The molecule has 3 aliphatic rings. The molecular formula is C20H25F4N3O. The van der Waals surface area contributed by atoms with Gasteiger partial charge in [0.2, 0.25) is 5.91 Å². The Morgan fingerprint density at radius 3 is 2.61 bits per heavy atom. The van der Waals surface area contributed by atoms with Crippen LogP contribution in [-0.4, -0.2) is 31.2 Å². The van der Waals surface area contributed by atoms with E-state index in [0.717, 1.165) is 25.3 Å². The lowest BCUT2D eigenvalue weighted by molar-refractivity contribution is -0.137. The van der Waals surface area contributed by atoms with Crippen LogP contribution in [0.2, 0.25) is 0 Å². The molecule has 4 nitrogen and oxygen atoms in total. The topological polar surface area (TPSA) is 53.2 Å². The molecule has 1 aromatic carbocycles. The largest absolute Gasteiger partial charge is 0.416 e. The molecular weight excluding hydrogens is 374 g/mol. The zero-order chi connectivity index (χ0) is 19.9. The molecule has 1 spiro atoms. The Kier molecular flexibility index (Phi) is 5.12. The van der Waals surface area contributed by atoms with Gasteiger partial charge in [-0.25, -0.2) is 4.39 Å². The fraction of sp³-hybridized carbons (Fsp3) is 0.650. The number of rotatable bonds is 2. The van der Waals surface area contributed by atoms with Crippen molar-refractivity contribution in [3.8, 4) is 0 Å². The van der Waals surface area contributed by atoms with Gasteiger partial charge in [-0.3, -0.25) is 10.1 Å². The van der Waals surface area contributed by atoms with E-state index in [1.165, 1.54) is 6.07 Å². The molecule has 4 rings (SSSR count). The van der Waals surface area contributed by atoms with Crippen LogP contribution in [0.4, 0.5) is 17.6 Å². The fourth-order valence-electron chi connectivity index (χ4n) is 5.49. The van der Waals surface area contributed by atoms with Gasteiger partial charge < -0.3 is 10.6 Å². The van der Waals surface area contributed by atoms with Crippen molar-refractivity contribution < 1.29 is 22.4 Å². The van der Waals surface area contributed by atoms with E-state index >= 15 is 0 Å². The van der Waals surface area contributed by atoms with Crippen LogP contribution in [0.1, 0.15) is 49.1 Å². The molecule has 1 amide bonds. The van der Waals surface area contributed by atoms with Gasteiger partial charge in [0.25, 0.3) is 0 Å². The Bertz CT molecular complexity index is 753. The number of piperidine rings is 1. The maximum Gasteiger partial charge on any atom is 0.416 e. The van der Waals surface area contributed by atoms with Gasteiger partial charge in [-0.2, -0.15) is 13.2 Å². The molecule has 154 valence electrons. The molecule has 3 N–H and O–H groups in total. The van der Waals surface area contributed by atoms with Crippen LogP contribution in [0.5, 0.6) is 0 Å². The van der Waals surface area contributed by atoms with Crippen molar-refractivity contribution >= 4 is 5.91 Å². The first-order chi connectivity index (χ1) is 13.3. The predicted octanol–water partition coefficient (Wildman–Crippen LogP) is 3.14. The van der Waals surface area contributed by atoms with Gasteiger partial charge in [0, 0.05) is 12.5 Å². The SMILES string of the molecule is O=C1NCNC12CCNCC2C1CCCCC1c1cc(F)cc(C(F)(F)F)c1. The molecule has 28 heavy (non-hydrogen) atoms. The first-order valence-corrected chi connectivity index (χ1v) is 9.93. The van der Waals surface area contributed by atoms with Crippen molar-refractivity contribution in [1.29, 1.82) is 0 Å². The van der Waals surface area contributed by atoms with E-state index in [-0.39, 0.29) is 23.7 Å². The molecule has 2 heterocycles. The van der Waals surface area contributed by atoms with Crippen LogP contribution in [0.25, 0.3) is 0 Å². The van der Waals surface area contributed by atoms with Gasteiger partial charge in [-0.05, 0) is 61.4 Å². The molecule has 4 unspecified atom stereocenters. The van der Waals surface area contributed by atoms with Crippen LogP contribution in [0.15, 0.2) is 18.2 Å². The van der Waals surface area contributed by atoms with Crippen molar-refractivity contribution in [3.63, 3.8) is 0 Å². The minimum atomic E-state index is -4.58. The smallest absolute Gasteiger partial charge is 0.342 e. The third kappa shape index (κ3) is 3.41. The second-order valence-electron chi connectivity index (χ2n) is 8.22. The summed E-state index contributed by atoms with van der Waals surface area (Å²) in [4.78, 5) is 12.7. The van der Waals surface area contributed by atoms with Gasteiger partial charge in [0.1, 0.15) is 11.4 Å². The van der Waals surface area contributed by atoms with E-state index in [2.05, 4.69) is 16.0 Å². The summed E-state index contributed by atoms with van der Waals surface area (Å²) < 4.78 is 53.7. The van der Waals surface area contributed by atoms with Gasteiger partial charge >= 0.3 is 6.18 Å². The molecule has 0 radical (unpaired) electrons. The maximum atomic E-state index is 14.0. The average molecular weight is 399 g/mol. The lowest BCUT2D eigenvalue weighted by Crippen LogP contribution is -2.63. The monoisotopic (exact) mass is 399 g/mol. The summed E-state index contributed by atoms with van der Waals surface area (Å²) in [5.41, 5.74) is -1.23. The van der Waals surface area contributed by atoms with E-state index in [1.54, 1.807) is 0 Å². The van der Waals surface area contributed by atoms with E-state index in [1.807, 2.05) is 0 Å². The van der Waals surface area contributed by atoms with Crippen molar-refractivity contribution in [3.05, 3.63) is 35.1 Å². The summed E-state index contributed by atoms with van der Waals surface area (Å²) >= 11 is 0. The lowest BCUT2D eigenvalue weighted by atomic mass is 9.62. The number of hydrogen-bond acceptors (Lipinski definition) is 3. The molecule has 1 aromatic rings. The number of nitrogens with one attached hydrogen (secondary N) is 3. The number of hydrogen-bond donors (Lipinski definition) is 3. The fourth-order valence-corrected chi connectivity index (χ4v) is 5.49. The normalized spacial score (nSPS) is 33.9. The highest BCUT2D eigenvalue weighted by Crippen LogP contribution is 2.47. The number of carbonyl (C=O) groups is 1. The summed E-state index contributed by atoms with van der Waals surface area (Å²) in [6.45, 7) is 1.75. The number of benzene rings is 1. The Morgan fingerprint density at radius 2 is 1.89 bits per heavy atom. The van der Waals surface area contributed by atoms with Crippen molar-refractivity contribution in [2.24, 2.45) is 11.8 Å². The Morgan fingerprint density at radius 1 is 1.11 bits per heavy atom. The van der Waals surface area contributed by atoms with Gasteiger partial charge in [-0.1, -0.05) is 12.8 Å². The minimum absolute atomic E-state index is 0.0146. The molecule has 3 fully saturated rings. The molecule has 0 aromatic heterocycles. The Hall–Kier alpha value is -1.67. The predicted molar refractivity (Wildman–Crippen MR) is 96.0 cm³/mol. The highest BCUT2D eigenvalue weighted by Gasteiger charge is 2.53. The summed E-state index contributed by atoms with van der Waals surface area (Å²) in [5.74, 6) is -1.11. The maximum absolute atomic E-state index is 14.0. The van der Waals surface area contributed by atoms with E-state index in [9.17, 15) is 22.4 Å². The molecule has 1 saturated carbocycles. The number of amides is 1.